The monoisotopic (exact) mass is 428 g/mol. The first-order valence-electron chi connectivity index (χ1n) is 7.09. The third-order valence-corrected chi connectivity index (χ3v) is 4.94. The van der Waals surface area contributed by atoms with Crippen LogP contribution in [0.1, 0.15) is 10.5 Å². The van der Waals surface area contributed by atoms with Crippen LogP contribution in [0.15, 0.2) is 23.0 Å². The number of thiophene rings is 1. The third kappa shape index (κ3) is 2.95. The molecule has 2 heterocycles. The summed E-state index contributed by atoms with van der Waals surface area (Å²) in [5.41, 5.74) is -3.67. The molecule has 0 bridgehead atoms. The Labute approximate surface area is 161 Å². The molecule has 3 rings (SSSR count). The number of esters is 1. The first kappa shape index (κ1) is 19.3. The molecular formula is C14H6ClFN4O7S. The maximum absolute atomic E-state index is 13.6. The number of carbonyl (C=O) groups excluding carboxylic acids is 1. The lowest BCUT2D eigenvalue weighted by molar-refractivity contribution is -0.387. The molecule has 0 aliphatic carbocycles. The number of hydrogen-bond acceptors (Lipinski definition) is 9. The van der Waals surface area contributed by atoms with Gasteiger partial charge in [-0.3, -0.25) is 25.0 Å². The molecule has 0 radical (unpaired) electrons. The highest BCUT2D eigenvalue weighted by molar-refractivity contribution is 7.23. The van der Waals surface area contributed by atoms with Gasteiger partial charge in [-0.2, -0.15) is 9.49 Å². The van der Waals surface area contributed by atoms with Crippen LogP contribution in [0.4, 0.5) is 15.8 Å². The molecule has 11 nitrogen and oxygen atoms in total. The molecule has 1 aromatic carbocycles. The third-order valence-electron chi connectivity index (χ3n) is 3.59. The number of nitro groups is 2. The van der Waals surface area contributed by atoms with Crippen LogP contribution in [-0.2, 0) is 4.74 Å². The summed E-state index contributed by atoms with van der Waals surface area (Å²) in [6.45, 7) is 0. The highest BCUT2D eigenvalue weighted by Gasteiger charge is 2.31. The summed E-state index contributed by atoms with van der Waals surface area (Å²) in [6, 6.07) is 2.66. The largest absolute Gasteiger partial charge is 0.464 e. The van der Waals surface area contributed by atoms with Gasteiger partial charge in [-0.05, 0) is 12.1 Å². The highest BCUT2D eigenvalue weighted by atomic mass is 35.5. The number of fused-ring (bicyclic) bond motifs is 1. The lowest BCUT2D eigenvalue weighted by atomic mass is 10.2. The molecule has 0 unspecified atom stereocenters. The van der Waals surface area contributed by atoms with Crippen molar-refractivity contribution in [3.63, 3.8) is 0 Å². The highest BCUT2D eigenvalue weighted by Crippen LogP contribution is 2.40. The minimum absolute atomic E-state index is 0.129. The van der Waals surface area contributed by atoms with Crippen molar-refractivity contribution >= 4 is 50.5 Å². The number of methoxy groups -OCH3 is 1. The minimum atomic E-state index is -1.19. The van der Waals surface area contributed by atoms with Crippen LogP contribution in [0.5, 0.6) is 0 Å². The van der Waals surface area contributed by atoms with Crippen LogP contribution >= 0.6 is 22.9 Å². The van der Waals surface area contributed by atoms with Gasteiger partial charge in [0.15, 0.2) is 4.34 Å². The van der Waals surface area contributed by atoms with Gasteiger partial charge >= 0.3 is 17.3 Å². The zero-order valence-electron chi connectivity index (χ0n) is 13.5. The number of halogens is 2. The van der Waals surface area contributed by atoms with E-state index in [-0.39, 0.29) is 14.9 Å². The van der Waals surface area contributed by atoms with Gasteiger partial charge in [0.25, 0.3) is 0 Å². The van der Waals surface area contributed by atoms with Crippen LogP contribution in [0.25, 0.3) is 15.9 Å². The molecular weight excluding hydrogens is 423 g/mol. The summed E-state index contributed by atoms with van der Waals surface area (Å²) in [5.74, 6) is -2.32. The molecule has 14 heteroatoms. The number of aromatic nitrogens is 2. The van der Waals surface area contributed by atoms with Gasteiger partial charge in [0.2, 0.25) is 16.9 Å². The van der Waals surface area contributed by atoms with Crippen LogP contribution in [0.3, 0.4) is 0 Å². The predicted octanol–water partition coefficient (Wildman–Crippen LogP) is 2.84. The fourth-order valence-electron chi connectivity index (χ4n) is 2.39. The van der Waals surface area contributed by atoms with Gasteiger partial charge in [0.1, 0.15) is 10.2 Å². The Bertz CT molecular complexity index is 1240. The molecule has 0 saturated heterocycles. The summed E-state index contributed by atoms with van der Waals surface area (Å²) in [4.78, 5) is 44.8. The van der Waals surface area contributed by atoms with Gasteiger partial charge < -0.3 is 4.74 Å². The average Bonchev–Trinajstić information content (AvgIpc) is 2.99. The van der Waals surface area contributed by atoms with Crippen LogP contribution < -0.4 is 5.43 Å². The minimum Gasteiger partial charge on any atom is -0.464 e. The number of hydrogen-bond donors (Lipinski definition) is 0. The Kier molecular flexibility index (Phi) is 4.79. The molecule has 0 spiro atoms. The fourth-order valence-corrected chi connectivity index (χ4v) is 3.74. The molecule has 0 N–H and O–H groups in total. The van der Waals surface area contributed by atoms with Crippen molar-refractivity contribution in [1.29, 1.82) is 0 Å². The van der Waals surface area contributed by atoms with Gasteiger partial charge in [-0.1, -0.05) is 22.9 Å². The van der Waals surface area contributed by atoms with Crippen LogP contribution in [0, 0.1) is 26.0 Å². The first-order valence-corrected chi connectivity index (χ1v) is 8.29. The van der Waals surface area contributed by atoms with Crippen molar-refractivity contribution in [1.82, 2.24) is 9.78 Å². The second-order valence-corrected chi connectivity index (χ2v) is 6.74. The van der Waals surface area contributed by atoms with Crippen LogP contribution in [0.2, 0.25) is 4.34 Å². The van der Waals surface area contributed by atoms with Crippen LogP contribution in [-0.4, -0.2) is 32.7 Å². The summed E-state index contributed by atoms with van der Waals surface area (Å²) < 4.78 is 18.6. The van der Waals surface area contributed by atoms with E-state index >= 15 is 0 Å². The summed E-state index contributed by atoms with van der Waals surface area (Å²) >= 11 is 6.48. The predicted molar refractivity (Wildman–Crippen MR) is 94.8 cm³/mol. The molecule has 0 amide bonds. The van der Waals surface area contributed by atoms with Gasteiger partial charge in [-0.25, -0.2) is 9.48 Å². The summed E-state index contributed by atoms with van der Waals surface area (Å²) in [5, 5.41) is 25.6. The van der Waals surface area contributed by atoms with E-state index in [1.165, 1.54) is 0 Å². The number of nitro benzene ring substituents is 1. The molecule has 0 aliphatic rings. The van der Waals surface area contributed by atoms with E-state index in [9.17, 15) is 34.2 Å². The summed E-state index contributed by atoms with van der Waals surface area (Å²) in [7, 11) is 0.968. The number of ether oxygens (including phenoxy) is 1. The molecule has 0 atom stereocenters. The molecule has 0 fully saturated rings. The Hall–Kier alpha value is -3.45. The standard InChI is InChI=1S/C14H6ClFN4O7S/c1-27-14(22)9-11(21)8-10(20(25)26)12(15)28-13(8)18(17-9)5-2-3-6(16)7(4-5)19(23)24/h2-4H,1H3. The van der Waals surface area contributed by atoms with E-state index in [2.05, 4.69) is 9.84 Å². The van der Waals surface area contributed by atoms with Crippen molar-refractivity contribution < 1.29 is 23.8 Å². The van der Waals surface area contributed by atoms with E-state index < -0.39 is 49.5 Å². The lowest BCUT2D eigenvalue weighted by Gasteiger charge is -2.08. The normalized spacial score (nSPS) is 10.8. The van der Waals surface area contributed by atoms with Crippen molar-refractivity contribution in [2.75, 3.05) is 7.11 Å². The Morgan fingerprint density at radius 1 is 1.32 bits per heavy atom. The molecule has 2 aromatic heterocycles. The molecule has 0 aliphatic heterocycles. The number of rotatable bonds is 4. The second-order valence-electron chi connectivity index (χ2n) is 5.14. The average molecular weight is 429 g/mol. The van der Waals surface area contributed by atoms with Gasteiger partial charge in [0.05, 0.1) is 22.6 Å². The lowest BCUT2D eigenvalue weighted by Crippen LogP contribution is -2.23. The molecule has 0 saturated carbocycles. The second kappa shape index (κ2) is 6.94. The van der Waals surface area contributed by atoms with Gasteiger partial charge in [-0.15, -0.1) is 0 Å². The van der Waals surface area contributed by atoms with E-state index in [1.807, 2.05) is 0 Å². The Morgan fingerprint density at radius 3 is 2.57 bits per heavy atom. The van der Waals surface area contributed by atoms with Crippen molar-refractivity contribution in [3.8, 4) is 5.69 Å². The quantitative estimate of drug-likeness (QED) is 0.350. The smallest absolute Gasteiger partial charge is 0.362 e. The maximum Gasteiger partial charge on any atom is 0.362 e. The van der Waals surface area contributed by atoms with Crippen molar-refractivity contribution in [3.05, 3.63) is 64.5 Å². The van der Waals surface area contributed by atoms with Gasteiger partial charge in [0, 0.05) is 6.07 Å². The number of benzene rings is 1. The zero-order valence-corrected chi connectivity index (χ0v) is 15.1. The number of nitrogens with zero attached hydrogens (tertiary/aromatic N) is 4. The molecule has 144 valence electrons. The Morgan fingerprint density at radius 2 is 2.00 bits per heavy atom. The maximum atomic E-state index is 13.6. The van der Waals surface area contributed by atoms with Crippen molar-refractivity contribution in [2.45, 2.75) is 0 Å². The van der Waals surface area contributed by atoms with E-state index in [0.29, 0.717) is 11.3 Å². The first-order chi connectivity index (χ1) is 13.2. The van der Waals surface area contributed by atoms with E-state index in [4.69, 9.17) is 11.6 Å². The topological polar surface area (TPSA) is 147 Å². The van der Waals surface area contributed by atoms with E-state index in [1.54, 1.807) is 0 Å². The SMILES string of the molecule is COC(=O)c1nn(-c2ccc(F)c([N+](=O)[O-])c2)c2sc(Cl)c([N+](=O)[O-])c2c1=O. The fraction of sp³-hybridized carbons (Fsp3) is 0.0714. The van der Waals surface area contributed by atoms with Crippen molar-refractivity contribution in [2.24, 2.45) is 0 Å². The molecule has 3 aromatic rings. The molecule has 28 heavy (non-hydrogen) atoms. The summed E-state index contributed by atoms with van der Waals surface area (Å²) in [6.07, 6.45) is 0. The van der Waals surface area contributed by atoms with E-state index in [0.717, 1.165) is 30.0 Å². The number of carbonyl (C=O) groups is 1. The zero-order chi connectivity index (χ0) is 20.7. The Balaban J connectivity index is 2.49.